The van der Waals surface area contributed by atoms with Crippen LogP contribution in [0.3, 0.4) is 0 Å². The van der Waals surface area contributed by atoms with E-state index in [2.05, 4.69) is 10.6 Å². The Hall–Kier alpha value is -2.23. The van der Waals surface area contributed by atoms with Gasteiger partial charge in [-0.3, -0.25) is 9.59 Å². The van der Waals surface area contributed by atoms with Gasteiger partial charge in [0.25, 0.3) is 5.91 Å². The van der Waals surface area contributed by atoms with Gasteiger partial charge in [-0.05, 0) is 24.3 Å². The molecule has 1 saturated heterocycles. The number of carbonyl (C=O) groups is 3. The van der Waals surface area contributed by atoms with Gasteiger partial charge in [0.2, 0.25) is 5.91 Å². The highest BCUT2D eigenvalue weighted by Gasteiger charge is 2.24. The van der Waals surface area contributed by atoms with E-state index in [-0.39, 0.29) is 30.1 Å². The lowest BCUT2D eigenvalue weighted by atomic mass is 10.1. The summed E-state index contributed by atoms with van der Waals surface area (Å²) in [6.45, 7) is 2.11. The van der Waals surface area contributed by atoms with E-state index in [0.29, 0.717) is 23.7 Å². The molecule has 0 unspecified atom stereocenters. The van der Waals surface area contributed by atoms with Crippen LogP contribution in [0.4, 0.5) is 5.00 Å². The highest BCUT2D eigenvalue weighted by molar-refractivity contribution is 7.17. The predicted molar refractivity (Wildman–Crippen MR) is 104 cm³/mol. The van der Waals surface area contributed by atoms with Crippen molar-refractivity contribution in [2.24, 2.45) is 0 Å². The van der Waals surface area contributed by atoms with Crippen molar-refractivity contribution in [3.8, 4) is 10.4 Å². The minimum atomic E-state index is -0.643. The van der Waals surface area contributed by atoms with Gasteiger partial charge in [0.05, 0.1) is 6.10 Å². The molecule has 3 heterocycles. The van der Waals surface area contributed by atoms with Crippen LogP contribution in [0.5, 0.6) is 0 Å². The number of esters is 1. The summed E-state index contributed by atoms with van der Waals surface area (Å²) >= 11 is 2.73. The minimum absolute atomic E-state index is 0.0262. The van der Waals surface area contributed by atoms with Gasteiger partial charge in [0.1, 0.15) is 10.6 Å². The van der Waals surface area contributed by atoms with Crippen LogP contribution in [-0.4, -0.2) is 43.6 Å². The summed E-state index contributed by atoms with van der Waals surface area (Å²) in [7, 11) is 0. The molecule has 0 aromatic carbocycles. The third-order valence-corrected chi connectivity index (χ3v) is 5.76. The standard InChI is InChI=1S/C18H20N2O5S2/c1-11(21)20-17-16(13(10-27-17)14-5-3-7-26-14)18(23)25-9-15(22)19-8-12-4-2-6-24-12/h3,5,7,10,12H,2,4,6,8-9H2,1H3,(H,19,22)(H,20,21)/t12-/m0/s1. The first kappa shape index (κ1) is 19.5. The van der Waals surface area contributed by atoms with Gasteiger partial charge in [-0.1, -0.05) is 6.07 Å². The average Bonchev–Trinajstić information content (AvgIpc) is 3.37. The van der Waals surface area contributed by atoms with Crippen LogP contribution >= 0.6 is 22.7 Å². The first-order valence-electron chi connectivity index (χ1n) is 8.53. The smallest absolute Gasteiger partial charge is 0.342 e. The number of hydrogen-bond donors (Lipinski definition) is 2. The molecule has 7 nitrogen and oxygen atoms in total. The van der Waals surface area contributed by atoms with E-state index in [4.69, 9.17) is 9.47 Å². The fraction of sp³-hybridized carbons (Fsp3) is 0.389. The molecule has 27 heavy (non-hydrogen) atoms. The van der Waals surface area contributed by atoms with E-state index in [9.17, 15) is 14.4 Å². The van der Waals surface area contributed by atoms with Crippen LogP contribution in [-0.2, 0) is 19.1 Å². The van der Waals surface area contributed by atoms with Gasteiger partial charge >= 0.3 is 5.97 Å². The summed E-state index contributed by atoms with van der Waals surface area (Å²) in [6.07, 6.45) is 1.93. The maximum Gasteiger partial charge on any atom is 0.342 e. The molecule has 0 aliphatic carbocycles. The zero-order valence-electron chi connectivity index (χ0n) is 14.8. The number of carbonyl (C=O) groups excluding carboxylic acids is 3. The number of anilines is 1. The Balaban J connectivity index is 1.64. The molecule has 1 aliphatic heterocycles. The molecule has 0 spiro atoms. The molecule has 144 valence electrons. The van der Waals surface area contributed by atoms with E-state index >= 15 is 0 Å². The molecule has 3 rings (SSSR count). The Bertz CT molecular complexity index is 810. The Labute approximate surface area is 164 Å². The molecule has 2 aromatic rings. The summed E-state index contributed by atoms with van der Waals surface area (Å²) in [5.74, 6) is -1.30. The molecular weight excluding hydrogens is 388 g/mol. The van der Waals surface area contributed by atoms with E-state index < -0.39 is 5.97 Å². The summed E-state index contributed by atoms with van der Waals surface area (Å²) < 4.78 is 10.6. The maximum atomic E-state index is 12.6. The van der Waals surface area contributed by atoms with Crippen LogP contribution in [0.25, 0.3) is 10.4 Å². The van der Waals surface area contributed by atoms with Crippen LogP contribution in [0.1, 0.15) is 30.1 Å². The van der Waals surface area contributed by atoms with Gasteiger partial charge in [0, 0.05) is 35.9 Å². The van der Waals surface area contributed by atoms with Crippen LogP contribution in [0.15, 0.2) is 22.9 Å². The lowest BCUT2D eigenvalue weighted by Gasteiger charge is -2.11. The lowest BCUT2D eigenvalue weighted by molar-refractivity contribution is -0.124. The van der Waals surface area contributed by atoms with E-state index in [0.717, 1.165) is 17.7 Å². The predicted octanol–water partition coefficient (Wildman–Crippen LogP) is 2.89. The van der Waals surface area contributed by atoms with Gasteiger partial charge in [-0.2, -0.15) is 0 Å². The zero-order valence-corrected chi connectivity index (χ0v) is 16.4. The van der Waals surface area contributed by atoms with E-state index in [1.807, 2.05) is 17.5 Å². The third kappa shape index (κ3) is 5.15. The number of nitrogens with one attached hydrogen (secondary N) is 2. The van der Waals surface area contributed by atoms with Gasteiger partial charge < -0.3 is 20.1 Å². The Morgan fingerprint density at radius 2 is 2.19 bits per heavy atom. The number of thiophene rings is 2. The molecule has 1 atom stereocenters. The molecule has 0 radical (unpaired) electrons. The molecule has 0 saturated carbocycles. The van der Waals surface area contributed by atoms with Crippen molar-refractivity contribution in [2.75, 3.05) is 25.1 Å². The number of hydrogen-bond acceptors (Lipinski definition) is 7. The van der Waals surface area contributed by atoms with Crippen molar-refractivity contribution >= 4 is 45.5 Å². The van der Waals surface area contributed by atoms with Gasteiger partial charge in [-0.15, -0.1) is 22.7 Å². The largest absolute Gasteiger partial charge is 0.452 e. The second kappa shape index (κ2) is 9.12. The first-order chi connectivity index (χ1) is 13.0. The molecule has 2 N–H and O–H groups in total. The molecular formula is C18H20N2O5S2. The Morgan fingerprint density at radius 3 is 2.85 bits per heavy atom. The SMILES string of the molecule is CC(=O)Nc1scc(-c2cccs2)c1C(=O)OCC(=O)NC[C@@H]1CCCO1. The molecule has 0 bridgehead atoms. The summed E-state index contributed by atoms with van der Waals surface area (Å²) in [4.78, 5) is 36.9. The normalized spacial score (nSPS) is 16.1. The van der Waals surface area contributed by atoms with Crippen molar-refractivity contribution in [1.82, 2.24) is 5.32 Å². The molecule has 2 amide bonds. The van der Waals surface area contributed by atoms with Crippen LogP contribution in [0, 0.1) is 0 Å². The first-order valence-corrected chi connectivity index (χ1v) is 10.3. The molecule has 2 aromatic heterocycles. The fourth-order valence-electron chi connectivity index (χ4n) is 2.71. The van der Waals surface area contributed by atoms with Crippen molar-refractivity contribution < 1.29 is 23.9 Å². The quantitative estimate of drug-likeness (QED) is 0.687. The topological polar surface area (TPSA) is 93.7 Å². The number of rotatable bonds is 7. The van der Waals surface area contributed by atoms with Crippen molar-refractivity contribution in [3.63, 3.8) is 0 Å². The third-order valence-electron chi connectivity index (χ3n) is 3.96. The van der Waals surface area contributed by atoms with Crippen molar-refractivity contribution in [2.45, 2.75) is 25.9 Å². The lowest BCUT2D eigenvalue weighted by Crippen LogP contribution is -2.34. The van der Waals surface area contributed by atoms with Gasteiger partial charge in [0.15, 0.2) is 6.61 Å². The number of ether oxygens (including phenoxy) is 2. The maximum absolute atomic E-state index is 12.6. The number of amides is 2. The monoisotopic (exact) mass is 408 g/mol. The zero-order chi connectivity index (χ0) is 19.2. The van der Waals surface area contributed by atoms with Crippen molar-refractivity contribution in [3.05, 3.63) is 28.5 Å². The molecule has 1 aliphatic rings. The summed E-state index contributed by atoms with van der Waals surface area (Å²) in [6, 6.07) is 3.76. The van der Waals surface area contributed by atoms with Crippen LogP contribution in [0.2, 0.25) is 0 Å². The second-order valence-electron chi connectivity index (χ2n) is 6.03. The van der Waals surface area contributed by atoms with Crippen LogP contribution < -0.4 is 10.6 Å². The van der Waals surface area contributed by atoms with Crippen molar-refractivity contribution in [1.29, 1.82) is 0 Å². The van der Waals surface area contributed by atoms with E-state index in [1.165, 1.54) is 29.6 Å². The molecule has 1 fully saturated rings. The fourth-order valence-corrected chi connectivity index (χ4v) is 4.53. The average molecular weight is 409 g/mol. The summed E-state index contributed by atoms with van der Waals surface area (Å²) in [5, 5.41) is 9.47. The Morgan fingerprint density at radius 1 is 1.33 bits per heavy atom. The Kier molecular flexibility index (Phi) is 6.59. The van der Waals surface area contributed by atoms with Gasteiger partial charge in [-0.25, -0.2) is 4.79 Å². The highest BCUT2D eigenvalue weighted by atomic mass is 32.1. The second-order valence-corrected chi connectivity index (χ2v) is 7.85. The minimum Gasteiger partial charge on any atom is -0.452 e. The highest BCUT2D eigenvalue weighted by Crippen LogP contribution is 2.38. The molecule has 9 heteroatoms. The summed E-state index contributed by atoms with van der Waals surface area (Å²) in [5.41, 5.74) is 0.952. The van der Waals surface area contributed by atoms with E-state index in [1.54, 1.807) is 5.38 Å².